The number of rotatable bonds is 2. The molecule has 4 heteroatoms. The van der Waals surface area contributed by atoms with Crippen LogP contribution < -0.4 is 9.64 Å². The highest BCUT2D eigenvalue weighted by molar-refractivity contribution is 5.62. The molecule has 1 saturated heterocycles. The summed E-state index contributed by atoms with van der Waals surface area (Å²) in [7, 11) is 1.61. The average Bonchev–Trinajstić information content (AvgIpc) is 2.38. The van der Waals surface area contributed by atoms with Crippen LogP contribution in [0.15, 0.2) is 18.2 Å². The van der Waals surface area contributed by atoms with Gasteiger partial charge in [0.05, 0.1) is 24.5 Å². The molecule has 1 heterocycles. The second-order valence-corrected chi connectivity index (χ2v) is 4.24. The second-order valence-electron chi connectivity index (χ2n) is 4.24. The van der Waals surface area contributed by atoms with Gasteiger partial charge < -0.3 is 14.7 Å². The third kappa shape index (κ3) is 2.51. The van der Waals surface area contributed by atoms with Crippen LogP contribution in [0.25, 0.3) is 0 Å². The Hall–Kier alpha value is -1.73. The zero-order valence-corrected chi connectivity index (χ0v) is 9.89. The van der Waals surface area contributed by atoms with E-state index in [0.717, 1.165) is 30.8 Å². The first-order valence-corrected chi connectivity index (χ1v) is 5.75. The predicted molar refractivity (Wildman–Crippen MR) is 65.2 cm³/mol. The highest BCUT2D eigenvalue weighted by Gasteiger charge is 2.20. The summed E-state index contributed by atoms with van der Waals surface area (Å²) in [5.41, 5.74) is 1.48. The molecule has 1 aromatic rings. The molecule has 1 atom stereocenters. The molecule has 0 spiro atoms. The number of aliphatic hydroxyl groups is 1. The summed E-state index contributed by atoms with van der Waals surface area (Å²) < 4.78 is 5.17. The number of nitriles is 1. The minimum absolute atomic E-state index is 0.304. The molecule has 0 aromatic heterocycles. The van der Waals surface area contributed by atoms with Gasteiger partial charge in [0, 0.05) is 19.2 Å². The van der Waals surface area contributed by atoms with E-state index in [1.165, 1.54) is 0 Å². The zero-order chi connectivity index (χ0) is 12.3. The van der Waals surface area contributed by atoms with Crippen molar-refractivity contribution in [3.63, 3.8) is 0 Å². The van der Waals surface area contributed by atoms with Crippen molar-refractivity contribution in [2.75, 3.05) is 25.1 Å². The molecule has 0 aliphatic carbocycles. The maximum Gasteiger partial charge on any atom is 0.121 e. The van der Waals surface area contributed by atoms with Gasteiger partial charge in [-0.2, -0.15) is 5.26 Å². The van der Waals surface area contributed by atoms with Gasteiger partial charge in [-0.15, -0.1) is 0 Å². The summed E-state index contributed by atoms with van der Waals surface area (Å²) in [6, 6.07) is 7.58. The van der Waals surface area contributed by atoms with E-state index in [2.05, 4.69) is 11.0 Å². The van der Waals surface area contributed by atoms with E-state index < -0.39 is 0 Å². The second kappa shape index (κ2) is 5.07. The number of nitrogens with zero attached hydrogens (tertiary/aromatic N) is 2. The van der Waals surface area contributed by atoms with Crippen molar-refractivity contribution in [1.29, 1.82) is 5.26 Å². The fraction of sp³-hybridized carbons (Fsp3) is 0.462. The number of anilines is 1. The van der Waals surface area contributed by atoms with Crippen LogP contribution in [0.5, 0.6) is 5.75 Å². The van der Waals surface area contributed by atoms with Gasteiger partial charge in [0.15, 0.2) is 0 Å². The summed E-state index contributed by atoms with van der Waals surface area (Å²) in [6.45, 7) is 1.46. The third-order valence-corrected chi connectivity index (χ3v) is 3.06. The van der Waals surface area contributed by atoms with Crippen molar-refractivity contribution in [3.8, 4) is 11.8 Å². The molecule has 1 aliphatic rings. The first-order valence-electron chi connectivity index (χ1n) is 5.75. The summed E-state index contributed by atoms with van der Waals surface area (Å²) in [5, 5.41) is 18.8. The van der Waals surface area contributed by atoms with Gasteiger partial charge in [-0.3, -0.25) is 0 Å². The Labute approximate surface area is 101 Å². The van der Waals surface area contributed by atoms with Crippen LogP contribution in [-0.2, 0) is 0 Å². The van der Waals surface area contributed by atoms with Crippen molar-refractivity contribution in [2.45, 2.75) is 18.9 Å². The van der Waals surface area contributed by atoms with E-state index in [1.807, 2.05) is 6.07 Å². The molecular formula is C13H16N2O2. The molecule has 1 fully saturated rings. The number of methoxy groups -OCH3 is 1. The lowest BCUT2D eigenvalue weighted by molar-refractivity contribution is 0.154. The maximum absolute atomic E-state index is 9.68. The van der Waals surface area contributed by atoms with Crippen LogP contribution in [0, 0.1) is 11.3 Å². The van der Waals surface area contributed by atoms with Crippen LogP contribution in [0.3, 0.4) is 0 Å². The molecule has 1 aromatic carbocycles. The summed E-state index contributed by atoms with van der Waals surface area (Å²) in [6.07, 6.45) is 1.48. The number of ether oxygens (including phenoxy) is 1. The smallest absolute Gasteiger partial charge is 0.121 e. The normalized spacial score (nSPS) is 19.8. The van der Waals surface area contributed by atoms with E-state index in [0.29, 0.717) is 12.1 Å². The molecule has 90 valence electrons. The number of β-amino-alcohol motifs (C(OH)–C–C–N with tert-alkyl or cyclic N) is 1. The summed E-state index contributed by atoms with van der Waals surface area (Å²) in [4.78, 5) is 2.05. The molecule has 0 bridgehead atoms. The number of hydrogen-bond donors (Lipinski definition) is 1. The quantitative estimate of drug-likeness (QED) is 0.840. The first kappa shape index (κ1) is 11.7. The van der Waals surface area contributed by atoms with Gasteiger partial charge in [-0.05, 0) is 25.0 Å². The Balaban J connectivity index is 2.32. The van der Waals surface area contributed by atoms with Crippen molar-refractivity contribution in [1.82, 2.24) is 0 Å². The van der Waals surface area contributed by atoms with E-state index in [9.17, 15) is 5.11 Å². The fourth-order valence-corrected chi connectivity index (χ4v) is 2.17. The Morgan fingerprint density at radius 2 is 2.35 bits per heavy atom. The molecule has 1 aliphatic heterocycles. The number of benzene rings is 1. The van der Waals surface area contributed by atoms with E-state index >= 15 is 0 Å². The fourth-order valence-electron chi connectivity index (χ4n) is 2.17. The Morgan fingerprint density at radius 1 is 1.53 bits per heavy atom. The van der Waals surface area contributed by atoms with Gasteiger partial charge in [0.2, 0.25) is 0 Å². The van der Waals surface area contributed by atoms with Crippen molar-refractivity contribution in [3.05, 3.63) is 23.8 Å². The van der Waals surface area contributed by atoms with Crippen LogP contribution in [0.4, 0.5) is 5.69 Å². The molecule has 17 heavy (non-hydrogen) atoms. The minimum Gasteiger partial charge on any atom is -0.497 e. The van der Waals surface area contributed by atoms with Gasteiger partial charge in [0.25, 0.3) is 0 Å². The van der Waals surface area contributed by atoms with Crippen LogP contribution >= 0.6 is 0 Å². The van der Waals surface area contributed by atoms with Gasteiger partial charge in [-0.25, -0.2) is 0 Å². The summed E-state index contributed by atoms with van der Waals surface area (Å²) in [5.74, 6) is 0.735. The maximum atomic E-state index is 9.68. The van der Waals surface area contributed by atoms with Gasteiger partial charge >= 0.3 is 0 Å². The minimum atomic E-state index is -0.304. The topological polar surface area (TPSA) is 56.5 Å². The summed E-state index contributed by atoms with van der Waals surface area (Å²) >= 11 is 0. The molecule has 1 unspecified atom stereocenters. The van der Waals surface area contributed by atoms with Crippen LogP contribution in [0.1, 0.15) is 18.4 Å². The number of aliphatic hydroxyl groups excluding tert-OH is 1. The Kier molecular flexibility index (Phi) is 3.50. The lowest BCUT2D eigenvalue weighted by atomic mass is 10.1. The highest BCUT2D eigenvalue weighted by Crippen LogP contribution is 2.28. The van der Waals surface area contributed by atoms with Crippen LogP contribution in [-0.4, -0.2) is 31.4 Å². The third-order valence-electron chi connectivity index (χ3n) is 3.06. The van der Waals surface area contributed by atoms with Crippen molar-refractivity contribution in [2.24, 2.45) is 0 Å². The first-order chi connectivity index (χ1) is 8.24. The predicted octanol–water partition coefficient (Wildman–Crippen LogP) is 1.53. The molecule has 1 N–H and O–H groups in total. The highest BCUT2D eigenvalue weighted by atomic mass is 16.5. The van der Waals surface area contributed by atoms with E-state index in [-0.39, 0.29) is 6.10 Å². The lowest BCUT2D eigenvalue weighted by Crippen LogP contribution is -2.38. The number of piperidine rings is 1. The van der Waals surface area contributed by atoms with Gasteiger partial charge in [-0.1, -0.05) is 0 Å². The zero-order valence-electron chi connectivity index (χ0n) is 9.89. The molecule has 0 amide bonds. The Bertz CT molecular complexity index is 440. The van der Waals surface area contributed by atoms with E-state index in [4.69, 9.17) is 10.00 Å². The van der Waals surface area contributed by atoms with E-state index in [1.54, 1.807) is 19.2 Å². The molecule has 0 radical (unpaired) electrons. The largest absolute Gasteiger partial charge is 0.497 e. The monoisotopic (exact) mass is 232 g/mol. The SMILES string of the molecule is COc1ccc(C#N)c(N2CCCC(O)C2)c1. The van der Waals surface area contributed by atoms with Crippen molar-refractivity contribution < 1.29 is 9.84 Å². The molecule has 4 nitrogen and oxygen atoms in total. The number of hydrogen-bond acceptors (Lipinski definition) is 4. The molecular weight excluding hydrogens is 216 g/mol. The average molecular weight is 232 g/mol. The molecule has 2 rings (SSSR count). The van der Waals surface area contributed by atoms with Crippen LogP contribution in [0.2, 0.25) is 0 Å². The molecule has 0 saturated carbocycles. The standard InChI is InChI=1S/C13H16N2O2/c1-17-12-5-4-10(8-14)13(7-12)15-6-2-3-11(16)9-15/h4-5,7,11,16H,2-3,6,9H2,1H3. The van der Waals surface area contributed by atoms with Gasteiger partial charge in [0.1, 0.15) is 11.8 Å². The Morgan fingerprint density at radius 3 is 3.00 bits per heavy atom. The lowest BCUT2D eigenvalue weighted by Gasteiger charge is -2.32. The van der Waals surface area contributed by atoms with Crippen molar-refractivity contribution >= 4 is 5.69 Å².